The maximum absolute atomic E-state index is 12.7. The fourth-order valence-corrected chi connectivity index (χ4v) is 4.41. The molecule has 1 aromatic rings. The molecular formula is C16H26N2O2S. The van der Waals surface area contributed by atoms with Crippen molar-refractivity contribution in [2.75, 3.05) is 32.7 Å². The van der Waals surface area contributed by atoms with Crippen molar-refractivity contribution < 1.29 is 8.42 Å². The third kappa shape index (κ3) is 4.05. The highest BCUT2D eigenvalue weighted by Gasteiger charge is 2.29. The second-order valence-electron chi connectivity index (χ2n) is 5.72. The van der Waals surface area contributed by atoms with Crippen LogP contribution in [0.2, 0.25) is 0 Å². The van der Waals surface area contributed by atoms with Crippen molar-refractivity contribution in [1.29, 1.82) is 0 Å². The van der Waals surface area contributed by atoms with E-state index in [-0.39, 0.29) is 0 Å². The highest BCUT2D eigenvalue weighted by atomic mass is 32.2. The molecule has 0 aliphatic carbocycles. The minimum absolute atomic E-state index is 0.449. The number of rotatable bonds is 6. The molecule has 1 aliphatic rings. The minimum atomic E-state index is -3.33. The maximum Gasteiger partial charge on any atom is 0.243 e. The number of hydrogen-bond acceptors (Lipinski definition) is 3. The van der Waals surface area contributed by atoms with Crippen molar-refractivity contribution >= 4 is 10.0 Å². The van der Waals surface area contributed by atoms with Gasteiger partial charge < -0.3 is 4.90 Å². The van der Waals surface area contributed by atoms with E-state index in [0.29, 0.717) is 18.0 Å². The van der Waals surface area contributed by atoms with Gasteiger partial charge in [-0.2, -0.15) is 4.31 Å². The Kier molecular flexibility index (Phi) is 5.79. The molecule has 0 unspecified atom stereocenters. The molecule has 0 radical (unpaired) electrons. The van der Waals surface area contributed by atoms with Gasteiger partial charge in [0.1, 0.15) is 0 Å². The van der Waals surface area contributed by atoms with Crippen LogP contribution in [0.4, 0.5) is 0 Å². The Hall–Kier alpha value is -0.910. The first-order chi connectivity index (χ1) is 10.1. The molecule has 1 heterocycles. The molecule has 1 aromatic carbocycles. The van der Waals surface area contributed by atoms with Crippen LogP contribution in [-0.4, -0.2) is 50.3 Å². The zero-order valence-electron chi connectivity index (χ0n) is 13.1. The number of nitrogens with zero attached hydrogens (tertiary/aromatic N) is 2. The van der Waals surface area contributed by atoms with E-state index in [2.05, 4.69) is 11.8 Å². The second-order valence-corrected chi connectivity index (χ2v) is 7.62. The van der Waals surface area contributed by atoms with E-state index in [1.807, 2.05) is 19.1 Å². The van der Waals surface area contributed by atoms with Crippen molar-refractivity contribution in [3.8, 4) is 0 Å². The average Bonchev–Trinajstić information content (AvgIpc) is 2.48. The predicted octanol–water partition coefficient (Wildman–Crippen LogP) is 2.49. The van der Waals surface area contributed by atoms with E-state index in [0.717, 1.165) is 25.2 Å². The Balaban J connectivity index is 1.97. The van der Waals surface area contributed by atoms with Crippen molar-refractivity contribution in [3.05, 3.63) is 29.8 Å². The number of sulfonamides is 1. The Bertz CT molecular complexity index is 549. The van der Waals surface area contributed by atoms with E-state index in [1.54, 1.807) is 16.4 Å². The molecule has 1 saturated heterocycles. The lowest BCUT2D eigenvalue weighted by Crippen LogP contribution is -2.48. The molecular weight excluding hydrogens is 284 g/mol. The lowest BCUT2D eigenvalue weighted by atomic mass is 10.2. The van der Waals surface area contributed by atoms with Gasteiger partial charge in [0.05, 0.1) is 4.90 Å². The fraction of sp³-hybridized carbons (Fsp3) is 0.625. The topological polar surface area (TPSA) is 40.6 Å². The summed E-state index contributed by atoms with van der Waals surface area (Å²) in [6.45, 7) is 8.03. The molecule has 5 heteroatoms. The average molecular weight is 310 g/mol. The van der Waals surface area contributed by atoms with Gasteiger partial charge >= 0.3 is 0 Å². The van der Waals surface area contributed by atoms with Gasteiger partial charge in [0, 0.05) is 26.2 Å². The summed E-state index contributed by atoms with van der Waals surface area (Å²) in [5.41, 5.74) is 0.822. The normalized spacial score (nSPS) is 18.0. The fourth-order valence-electron chi connectivity index (χ4n) is 2.76. The van der Waals surface area contributed by atoms with Gasteiger partial charge in [-0.15, -0.1) is 0 Å². The van der Waals surface area contributed by atoms with Gasteiger partial charge in [0.15, 0.2) is 0 Å². The molecule has 2 rings (SSSR count). The molecule has 0 saturated carbocycles. The van der Waals surface area contributed by atoms with Crippen LogP contribution in [0.25, 0.3) is 0 Å². The Morgan fingerprint density at radius 2 is 1.71 bits per heavy atom. The van der Waals surface area contributed by atoms with Crippen molar-refractivity contribution in [2.45, 2.75) is 38.0 Å². The molecule has 0 spiro atoms. The molecule has 1 fully saturated rings. The van der Waals surface area contributed by atoms with Crippen LogP contribution < -0.4 is 0 Å². The number of piperazine rings is 1. The molecule has 0 bridgehead atoms. The van der Waals surface area contributed by atoms with E-state index in [4.69, 9.17) is 0 Å². The Morgan fingerprint density at radius 1 is 1.05 bits per heavy atom. The quantitative estimate of drug-likeness (QED) is 0.758. The standard InChI is InChI=1S/C16H26N2O2S/c1-3-4-7-10-17-11-13-18(14-12-17)21(19,20)16-9-6-5-8-15(16)2/h5-6,8-9H,3-4,7,10-14H2,1-2H3. The van der Waals surface area contributed by atoms with Gasteiger partial charge in [-0.1, -0.05) is 38.0 Å². The third-order valence-electron chi connectivity index (χ3n) is 4.12. The van der Waals surface area contributed by atoms with Crippen molar-refractivity contribution in [1.82, 2.24) is 9.21 Å². The highest BCUT2D eigenvalue weighted by Crippen LogP contribution is 2.20. The van der Waals surface area contributed by atoms with E-state index >= 15 is 0 Å². The Labute approximate surface area is 128 Å². The van der Waals surface area contributed by atoms with Gasteiger partial charge in [0.2, 0.25) is 10.0 Å². The van der Waals surface area contributed by atoms with Crippen LogP contribution in [0.3, 0.4) is 0 Å². The largest absolute Gasteiger partial charge is 0.301 e. The first kappa shape index (κ1) is 16.5. The lowest BCUT2D eigenvalue weighted by Gasteiger charge is -2.34. The molecule has 0 amide bonds. The zero-order chi connectivity index (χ0) is 15.3. The van der Waals surface area contributed by atoms with Crippen molar-refractivity contribution in [2.24, 2.45) is 0 Å². The smallest absolute Gasteiger partial charge is 0.243 e. The van der Waals surface area contributed by atoms with Gasteiger partial charge in [-0.25, -0.2) is 8.42 Å². The lowest BCUT2D eigenvalue weighted by molar-refractivity contribution is 0.185. The van der Waals surface area contributed by atoms with E-state index in [9.17, 15) is 8.42 Å². The monoisotopic (exact) mass is 310 g/mol. The van der Waals surface area contributed by atoms with Gasteiger partial charge in [-0.05, 0) is 31.5 Å². The number of unbranched alkanes of at least 4 members (excludes halogenated alkanes) is 2. The summed E-state index contributed by atoms with van der Waals surface area (Å²) in [6.07, 6.45) is 3.68. The maximum atomic E-state index is 12.7. The molecule has 118 valence electrons. The molecule has 1 aliphatic heterocycles. The van der Waals surface area contributed by atoms with Gasteiger partial charge in [-0.3, -0.25) is 0 Å². The summed E-state index contributed by atoms with van der Waals surface area (Å²) in [7, 11) is -3.33. The van der Waals surface area contributed by atoms with Crippen LogP contribution in [0.5, 0.6) is 0 Å². The molecule has 0 N–H and O–H groups in total. The SMILES string of the molecule is CCCCCN1CCN(S(=O)(=O)c2ccccc2C)CC1. The van der Waals surface area contributed by atoms with Crippen LogP contribution >= 0.6 is 0 Å². The van der Waals surface area contributed by atoms with E-state index < -0.39 is 10.0 Å². The number of benzene rings is 1. The summed E-state index contributed by atoms with van der Waals surface area (Å²) in [5.74, 6) is 0. The molecule has 0 atom stereocenters. The minimum Gasteiger partial charge on any atom is -0.301 e. The summed E-state index contributed by atoms with van der Waals surface area (Å²) in [5, 5.41) is 0. The number of aryl methyl sites for hydroxylation is 1. The van der Waals surface area contributed by atoms with Gasteiger partial charge in [0.25, 0.3) is 0 Å². The summed E-state index contributed by atoms with van der Waals surface area (Å²) >= 11 is 0. The predicted molar refractivity (Wildman–Crippen MR) is 85.9 cm³/mol. The van der Waals surface area contributed by atoms with Crippen LogP contribution in [-0.2, 0) is 10.0 Å². The summed E-state index contributed by atoms with van der Waals surface area (Å²) in [6, 6.07) is 7.23. The first-order valence-electron chi connectivity index (χ1n) is 7.84. The van der Waals surface area contributed by atoms with Crippen molar-refractivity contribution in [3.63, 3.8) is 0 Å². The third-order valence-corrected chi connectivity index (χ3v) is 6.18. The summed E-state index contributed by atoms with van der Waals surface area (Å²) < 4.78 is 27.0. The van der Waals surface area contributed by atoms with Crippen LogP contribution in [0.15, 0.2) is 29.2 Å². The number of hydrogen-bond donors (Lipinski definition) is 0. The molecule has 0 aromatic heterocycles. The zero-order valence-corrected chi connectivity index (χ0v) is 13.9. The van der Waals surface area contributed by atoms with Crippen LogP contribution in [0, 0.1) is 6.92 Å². The molecule has 21 heavy (non-hydrogen) atoms. The Morgan fingerprint density at radius 3 is 2.33 bits per heavy atom. The van der Waals surface area contributed by atoms with E-state index in [1.165, 1.54) is 19.3 Å². The molecule has 4 nitrogen and oxygen atoms in total. The van der Waals surface area contributed by atoms with Crippen LogP contribution in [0.1, 0.15) is 31.7 Å². The first-order valence-corrected chi connectivity index (χ1v) is 9.28. The second kappa shape index (κ2) is 7.38. The summed E-state index contributed by atoms with van der Waals surface area (Å²) in [4.78, 5) is 2.82. The highest BCUT2D eigenvalue weighted by molar-refractivity contribution is 7.89.